The molecule has 0 radical (unpaired) electrons. The molecule has 0 aliphatic carbocycles. The molecule has 28 heavy (non-hydrogen) atoms. The molecule has 0 aromatic heterocycles. The fourth-order valence-corrected chi connectivity index (χ4v) is 3.33. The van der Waals surface area contributed by atoms with Crippen molar-refractivity contribution in [3.05, 3.63) is 71.8 Å². The van der Waals surface area contributed by atoms with Crippen molar-refractivity contribution in [2.45, 2.75) is 29.7 Å². The minimum Gasteiger partial charge on any atom is -0.348 e. The van der Waals surface area contributed by atoms with Crippen LogP contribution in [0.3, 0.4) is 0 Å². The maximum absolute atomic E-state index is 10.6. The Morgan fingerprint density at radius 3 is 1.21 bits per heavy atom. The quantitative estimate of drug-likeness (QED) is 0.262. The van der Waals surface area contributed by atoms with Gasteiger partial charge in [0.25, 0.3) is 0 Å². The SMILES string of the molecule is CN1C(O)(O)C(O)(O)N(C(c2ccccc2)c2ccccc2)C(O)(O)C1(O)O. The van der Waals surface area contributed by atoms with Crippen molar-refractivity contribution in [3.63, 3.8) is 0 Å². The third kappa shape index (κ3) is 2.76. The van der Waals surface area contributed by atoms with Crippen LogP contribution in [0.25, 0.3) is 0 Å². The predicted octanol–water partition coefficient (Wildman–Crippen LogP) is -2.42. The first-order valence-corrected chi connectivity index (χ1v) is 8.29. The van der Waals surface area contributed by atoms with Gasteiger partial charge in [0.15, 0.2) is 0 Å². The maximum Gasteiger partial charge on any atom is 0.303 e. The zero-order valence-electron chi connectivity index (χ0n) is 14.8. The molecule has 0 amide bonds. The summed E-state index contributed by atoms with van der Waals surface area (Å²) in [5, 5.41) is 83.4. The highest BCUT2D eigenvalue weighted by molar-refractivity contribution is 5.33. The molecule has 3 rings (SSSR count). The Morgan fingerprint density at radius 1 is 0.571 bits per heavy atom. The van der Waals surface area contributed by atoms with Gasteiger partial charge in [0, 0.05) is 0 Å². The number of benzene rings is 2. The third-order valence-corrected chi connectivity index (χ3v) is 5.00. The highest BCUT2D eigenvalue weighted by Gasteiger charge is 2.77. The number of piperazine rings is 1. The molecule has 1 fully saturated rings. The first-order chi connectivity index (χ1) is 12.9. The van der Waals surface area contributed by atoms with Gasteiger partial charge >= 0.3 is 23.6 Å². The van der Waals surface area contributed by atoms with Gasteiger partial charge in [-0.2, -0.15) is 9.80 Å². The van der Waals surface area contributed by atoms with Crippen molar-refractivity contribution in [1.82, 2.24) is 9.80 Å². The summed E-state index contributed by atoms with van der Waals surface area (Å²) >= 11 is 0. The van der Waals surface area contributed by atoms with Crippen LogP contribution in [0.5, 0.6) is 0 Å². The molecule has 1 aliphatic heterocycles. The molecular formula is C18H22N2O8. The minimum absolute atomic E-state index is 0.00463. The first-order valence-electron chi connectivity index (χ1n) is 8.29. The molecule has 0 saturated carbocycles. The first kappa shape index (κ1) is 20.8. The number of aliphatic hydroxyl groups is 8. The topological polar surface area (TPSA) is 168 Å². The van der Waals surface area contributed by atoms with Gasteiger partial charge < -0.3 is 40.9 Å². The van der Waals surface area contributed by atoms with Crippen molar-refractivity contribution in [2.24, 2.45) is 0 Å². The van der Waals surface area contributed by atoms with Gasteiger partial charge in [0.1, 0.15) is 0 Å². The second-order valence-corrected chi connectivity index (χ2v) is 6.69. The zero-order chi connectivity index (χ0) is 21.0. The molecule has 10 nitrogen and oxygen atoms in total. The van der Waals surface area contributed by atoms with Crippen LogP contribution in [0.15, 0.2) is 60.7 Å². The van der Waals surface area contributed by atoms with Gasteiger partial charge in [0.2, 0.25) is 0 Å². The Hall–Kier alpha value is -1.96. The molecule has 1 saturated heterocycles. The molecule has 8 N–H and O–H groups in total. The number of hydrogen-bond acceptors (Lipinski definition) is 10. The molecule has 0 spiro atoms. The second kappa shape index (κ2) is 6.54. The summed E-state index contributed by atoms with van der Waals surface area (Å²) in [5.74, 6) is -15.0. The van der Waals surface area contributed by atoms with E-state index < -0.39 is 29.7 Å². The number of rotatable bonds is 3. The van der Waals surface area contributed by atoms with Gasteiger partial charge in [-0.25, -0.2) is 0 Å². The summed E-state index contributed by atoms with van der Waals surface area (Å²) < 4.78 is 0. The Balaban J connectivity index is 2.31. The normalized spacial score (nSPS) is 23.6. The van der Waals surface area contributed by atoms with E-state index in [0.29, 0.717) is 7.05 Å². The van der Waals surface area contributed by atoms with E-state index >= 15 is 0 Å². The van der Waals surface area contributed by atoms with Crippen molar-refractivity contribution in [1.29, 1.82) is 0 Å². The summed E-state index contributed by atoms with van der Waals surface area (Å²) in [7, 11) is 0.653. The van der Waals surface area contributed by atoms with Crippen LogP contribution in [-0.2, 0) is 0 Å². The van der Waals surface area contributed by atoms with Crippen molar-refractivity contribution in [2.75, 3.05) is 7.05 Å². The molecule has 0 atom stereocenters. The van der Waals surface area contributed by atoms with Crippen molar-refractivity contribution in [3.8, 4) is 0 Å². The van der Waals surface area contributed by atoms with Crippen molar-refractivity contribution >= 4 is 0 Å². The molecule has 10 heteroatoms. The molecule has 2 aromatic carbocycles. The van der Waals surface area contributed by atoms with Crippen LogP contribution in [-0.4, -0.2) is 81.3 Å². The number of likely N-dealkylation sites (N-methyl/N-ethyl adjacent to an activating group) is 1. The van der Waals surface area contributed by atoms with Gasteiger partial charge in [-0.15, -0.1) is 0 Å². The van der Waals surface area contributed by atoms with E-state index in [9.17, 15) is 40.9 Å². The third-order valence-electron chi connectivity index (χ3n) is 5.00. The minimum atomic E-state index is -3.77. The standard InChI is InChI=1S/C18H22N2O8/c1-19-15(21,22)17(25,26)20(18(27,28)16(19,23)24)14(12-8-4-2-5-9-12)13-10-6-3-7-11-13/h2-11,14,21-28H,1H3. The van der Waals surface area contributed by atoms with E-state index in [1.807, 2.05) is 0 Å². The highest BCUT2D eigenvalue weighted by Crippen LogP contribution is 2.48. The Kier molecular flexibility index (Phi) is 4.85. The molecule has 2 aromatic rings. The molecule has 0 bridgehead atoms. The monoisotopic (exact) mass is 394 g/mol. The van der Waals surface area contributed by atoms with E-state index in [2.05, 4.69) is 0 Å². The summed E-state index contributed by atoms with van der Waals surface area (Å²) in [6.45, 7) is 0. The summed E-state index contributed by atoms with van der Waals surface area (Å²) in [6.07, 6.45) is 0. The van der Waals surface area contributed by atoms with Crippen LogP contribution in [0.2, 0.25) is 0 Å². The predicted molar refractivity (Wildman–Crippen MR) is 93.0 cm³/mol. The van der Waals surface area contributed by atoms with E-state index in [4.69, 9.17) is 0 Å². The smallest absolute Gasteiger partial charge is 0.303 e. The van der Waals surface area contributed by atoms with Gasteiger partial charge in [-0.3, -0.25) is 0 Å². The van der Waals surface area contributed by atoms with E-state index in [1.165, 1.54) is 24.3 Å². The Bertz CT molecular complexity index is 758. The van der Waals surface area contributed by atoms with Gasteiger partial charge in [-0.1, -0.05) is 60.7 Å². The van der Waals surface area contributed by atoms with Gasteiger partial charge in [0.05, 0.1) is 6.04 Å². The summed E-state index contributed by atoms with van der Waals surface area (Å²) in [6, 6.07) is 14.3. The van der Waals surface area contributed by atoms with Crippen LogP contribution in [0.4, 0.5) is 0 Å². The Morgan fingerprint density at radius 2 is 0.893 bits per heavy atom. The lowest BCUT2D eigenvalue weighted by Crippen LogP contribution is -2.89. The Labute approximate surface area is 160 Å². The molecule has 1 heterocycles. The average Bonchev–Trinajstić information content (AvgIpc) is 2.65. The van der Waals surface area contributed by atoms with E-state index in [-0.39, 0.29) is 20.9 Å². The maximum atomic E-state index is 10.6. The van der Waals surface area contributed by atoms with Crippen LogP contribution >= 0.6 is 0 Å². The zero-order valence-corrected chi connectivity index (χ0v) is 14.8. The molecular weight excluding hydrogens is 372 g/mol. The fourth-order valence-electron chi connectivity index (χ4n) is 3.33. The number of nitrogens with zero attached hydrogens (tertiary/aromatic N) is 2. The lowest BCUT2D eigenvalue weighted by Gasteiger charge is -2.61. The summed E-state index contributed by atoms with van der Waals surface area (Å²) in [5.41, 5.74) is 0.537. The second-order valence-electron chi connectivity index (χ2n) is 6.69. The van der Waals surface area contributed by atoms with Crippen molar-refractivity contribution < 1.29 is 40.9 Å². The largest absolute Gasteiger partial charge is 0.348 e. The van der Waals surface area contributed by atoms with Crippen LogP contribution in [0.1, 0.15) is 17.2 Å². The van der Waals surface area contributed by atoms with Crippen LogP contribution < -0.4 is 0 Å². The fraction of sp³-hybridized carbons (Fsp3) is 0.333. The number of hydrogen-bond donors (Lipinski definition) is 8. The van der Waals surface area contributed by atoms with Gasteiger partial charge in [-0.05, 0) is 18.2 Å². The van der Waals surface area contributed by atoms with E-state index in [0.717, 1.165) is 0 Å². The molecule has 1 aliphatic rings. The average molecular weight is 394 g/mol. The van der Waals surface area contributed by atoms with E-state index in [1.54, 1.807) is 36.4 Å². The molecule has 152 valence electrons. The lowest BCUT2D eigenvalue weighted by molar-refractivity contribution is -0.609. The molecule has 0 unspecified atom stereocenters. The lowest BCUT2D eigenvalue weighted by atomic mass is 9.92. The van der Waals surface area contributed by atoms with Crippen LogP contribution in [0, 0.1) is 0 Å². The summed E-state index contributed by atoms with van der Waals surface area (Å²) in [4.78, 5) is -0.186. The highest BCUT2D eigenvalue weighted by atomic mass is 16.7.